The number of hydrogen-bond acceptors (Lipinski definition) is 7. The molecular weight excluding hydrogens is 346 g/mol. The van der Waals surface area contributed by atoms with E-state index in [2.05, 4.69) is 30.3 Å². The second kappa shape index (κ2) is 7.73. The van der Waals surface area contributed by atoms with E-state index in [1.54, 1.807) is 31.1 Å². The molecule has 2 aromatic heterocycles. The minimum Gasteiger partial charge on any atom is -0.386 e. The molecule has 1 atom stereocenters. The average molecular weight is 369 g/mol. The second-order valence-electron chi connectivity index (χ2n) is 6.99. The lowest BCUT2D eigenvalue weighted by Crippen LogP contribution is -2.49. The van der Waals surface area contributed by atoms with E-state index < -0.39 is 5.60 Å². The van der Waals surface area contributed by atoms with Gasteiger partial charge >= 0.3 is 0 Å². The van der Waals surface area contributed by atoms with Gasteiger partial charge in [-0.05, 0) is 19.3 Å². The first-order valence-corrected chi connectivity index (χ1v) is 9.24. The van der Waals surface area contributed by atoms with Gasteiger partial charge in [-0.3, -0.25) is 9.78 Å². The molecule has 9 heteroatoms. The molecule has 0 aliphatic carbocycles. The summed E-state index contributed by atoms with van der Waals surface area (Å²) in [5.41, 5.74) is 0.0258. The zero-order valence-electron chi connectivity index (χ0n) is 15.1. The number of hydrogen-bond donors (Lipinski definition) is 1. The summed E-state index contributed by atoms with van der Waals surface area (Å²) in [6.45, 7) is 2.97. The van der Waals surface area contributed by atoms with Crippen LogP contribution in [0.3, 0.4) is 0 Å². The monoisotopic (exact) mass is 369 g/mol. The summed E-state index contributed by atoms with van der Waals surface area (Å²) in [4.78, 5) is 32.8. The number of aromatic nitrogens is 4. The lowest BCUT2D eigenvalue weighted by molar-refractivity contribution is -0.114. The maximum atomic E-state index is 12.4. The molecule has 9 nitrogen and oxygen atoms in total. The van der Waals surface area contributed by atoms with Crippen LogP contribution in [-0.4, -0.2) is 56.4 Å². The molecule has 1 spiro atoms. The summed E-state index contributed by atoms with van der Waals surface area (Å²) in [7, 11) is 0. The minimum absolute atomic E-state index is 0.144. The van der Waals surface area contributed by atoms with Gasteiger partial charge in [-0.15, -0.1) is 0 Å². The molecule has 2 aromatic rings. The molecule has 1 N–H and O–H groups in total. The topological polar surface area (TPSA) is 97.5 Å². The molecule has 0 bridgehead atoms. The fourth-order valence-corrected chi connectivity index (χ4v) is 3.59. The Kier molecular flexibility index (Phi) is 4.99. The lowest BCUT2D eigenvalue weighted by Gasteiger charge is -2.38. The molecule has 1 fully saturated rings. The summed E-state index contributed by atoms with van der Waals surface area (Å²) in [6, 6.07) is 0. The highest BCUT2D eigenvalue weighted by molar-refractivity contribution is 6.39. The molecule has 27 heavy (non-hydrogen) atoms. The zero-order valence-corrected chi connectivity index (χ0v) is 15.1. The van der Waals surface area contributed by atoms with Crippen LogP contribution in [0.4, 0.5) is 5.82 Å². The minimum atomic E-state index is -0.445. The summed E-state index contributed by atoms with van der Waals surface area (Å²) in [5, 5.41) is 7.03. The number of imidazole rings is 1. The number of carbonyl (C=O) groups is 1. The van der Waals surface area contributed by atoms with Crippen LogP contribution >= 0.6 is 0 Å². The highest BCUT2D eigenvalue weighted by Crippen LogP contribution is 2.34. The third-order valence-corrected chi connectivity index (χ3v) is 4.95. The molecule has 2 aliphatic rings. The van der Waals surface area contributed by atoms with Crippen molar-refractivity contribution in [1.29, 1.82) is 0 Å². The quantitative estimate of drug-likeness (QED) is 0.763. The molecule has 2 aliphatic heterocycles. The smallest absolute Gasteiger partial charge is 0.269 e. The van der Waals surface area contributed by atoms with Gasteiger partial charge in [0.2, 0.25) is 0 Å². The Hall–Kier alpha value is -2.97. The largest absolute Gasteiger partial charge is 0.386 e. The molecule has 1 saturated heterocycles. The van der Waals surface area contributed by atoms with Crippen LogP contribution in [-0.2, 0) is 16.2 Å². The fourth-order valence-electron chi connectivity index (χ4n) is 3.59. The van der Waals surface area contributed by atoms with Crippen LogP contribution in [0.5, 0.6) is 0 Å². The number of carbonyl (C=O) groups excluding carboxylic acids is 1. The van der Waals surface area contributed by atoms with Gasteiger partial charge in [0.05, 0.1) is 19.1 Å². The molecule has 4 rings (SSSR count). The predicted octanol–water partition coefficient (Wildman–Crippen LogP) is 0.995. The highest BCUT2D eigenvalue weighted by Gasteiger charge is 2.44. The van der Waals surface area contributed by atoms with Gasteiger partial charge in [-0.25, -0.2) is 9.97 Å². The van der Waals surface area contributed by atoms with E-state index in [1.807, 2.05) is 10.8 Å². The van der Waals surface area contributed by atoms with Crippen LogP contribution in [0, 0.1) is 0 Å². The van der Waals surface area contributed by atoms with E-state index in [-0.39, 0.29) is 5.91 Å². The van der Waals surface area contributed by atoms with E-state index in [9.17, 15) is 4.79 Å². The molecule has 4 heterocycles. The standard InChI is InChI=1S/C18H23N7O2/c26-17(22-4-2-8-24-10-7-20-14-24)15-11-18(27-23-15)3-1-9-25(13-18)16-12-19-5-6-21-16/h5-7,10,12,14H,1-4,8-9,11,13H2,(H,22,26)/t18-/m0/s1. The Balaban J connectivity index is 1.27. The summed E-state index contributed by atoms with van der Waals surface area (Å²) < 4.78 is 1.99. The number of rotatable bonds is 6. The zero-order chi connectivity index (χ0) is 18.5. The Morgan fingerprint density at radius 2 is 2.26 bits per heavy atom. The third kappa shape index (κ3) is 4.07. The van der Waals surface area contributed by atoms with Crippen LogP contribution < -0.4 is 10.2 Å². The summed E-state index contributed by atoms with van der Waals surface area (Å²) in [6.07, 6.45) is 13.7. The molecule has 0 unspecified atom stereocenters. The number of nitrogens with zero attached hydrogens (tertiary/aromatic N) is 6. The first-order chi connectivity index (χ1) is 13.2. The fraction of sp³-hybridized carbons (Fsp3) is 0.500. The maximum Gasteiger partial charge on any atom is 0.269 e. The Morgan fingerprint density at radius 3 is 3.07 bits per heavy atom. The van der Waals surface area contributed by atoms with E-state index >= 15 is 0 Å². The number of nitrogens with one attached hydrogen (secondary N) is 1. The number of amides is 1. The van der Waals surface area contributed by atoms with E-state index in [4.69, 9.17) is 4.84 Å². The Bertz CT molecular complexity index is 793. The average Bonchev–Trinajstić information content (AvgIpc) is 3.36. The Labute approximate surface area is 157 Å². The molecule has 0 radical (unpaired) electrons. The number of oxime groups is 1. The summed E-state index contributed by atoms with van der Waals surface area (Å²) >= 11 is 0. The van der Waals surface area contributed by atoms with Crippen molar-refractivity contribution in [1.82, 2.24) is 24.8 Å². The van der Waals surface area contributed by atoms with E-state index in [0.717, 1.165) is 38.2 Å². The number of piperidine rings is 1. The molecule has 0 saturated carbocycles. The van der Waals surface area contributed by atoms with Crippen molar-refractivity contribution in [3.05, 3.63) is 37.3 Å². The van der Waals surface area contributed by atoms with E-state index in [1.165, 1.54) is 0 Å². The van der Waals surface area contributed by atoms with Gasteiger partial charge in [-0.1, -0.05) is 5.16 Å². The maximum absolute atomic E-state index is 12.4. The molecule has 1 amide bonds. The van der Waals surface area contributed by atoms with Gasteiger partial charge in [0.1, 0.15) is 11.5 Å². The van der Waals surface area contributed by atoms with Gasteiger partial charge in [-0.2, -0.15) is 0 Å². The van der Waals surface area contributed by atoms with Crippen molar-refractivity contribution < 1.29 is 9.63 Å². The predicted molar refractivity (Wildman–Crippen MR) is 99.2 cm³/mol. The highest BCUT2D eigenvalue weighted by atomic mass is 16.7. The van der Waals surface area contributed by atoms with Crippen molar-refractivity contribution in [2.45, 2.75) is 37.8 Å². The van der Waals surface area contributed by atoms with Gasteiger partial charge in [0, 0.05) is 50.8 Å². The van der Waals surface area contributed by atoms with Crippen LogP contribution in [0.1, 0.15) is 25.7 Å². The van der Waals surface area contributed by atoms with E-state index in [0.29, 0.717) is 25.2 Å². The molecule has 142 valence electrons. The van der Waals surface area contributed by atoms with Crippen molar-refractivity contribution in [2.75, 3.05) is 24.5 Å². The second-order valence-corrected chi connectivity index (χ2v) is 6.99. The number of aryl methyl sites for hydroxylation is 1. The third-order valence-electron chi connectivity index (χ3n) is 4.95. The SMILES string of the molecule is O=C(NCCCn1ccnc1)C1=NO[C@@]2(CCCN(c3cnccn3)C2)C1. The van der Waals surface area contributed by atoms with Crippen molar-refractivity contribution >= 4 is 17.4 Å². The summed E-state index contributed by atoms with van der Waals surface area (Å²) in [5.74, 6) is 0.687. The van der Waals surface area contributed by atoms with Gasteiger partial charge in [0.25, 0.3) is 5.91 Å². The van der Waals surface area contributed by atoms with Crippen LogP contribution in [0.2, 0.25) is 0 Å². The normalized spacial score (nSPS) is 21.8. The molecule has 0 aromatic carbocycles. The lowest BCUT2D eigenvalue weighted by atomic mass is 9.88. The Morgan fingerprint density at radius 1 is 1.30 bits per heavy atom. The van der Waals surface area contributed by atoms with Crippen molar-refractivity contribution in [2.24, 2.45) is 5.16 Å². The number of anilines is 1. The van der Waals surface area contributed by atoms with Crippen LogP contribution in [0.15, 0.2) is 42.5 Å². The van der Waals surface area contributed by atoms with Crippen molar-refractivity contribution in [3.63, 3.8) is 0 Å². The molecular formula is C18H23N7O2. The first-order valence-electron chi connectivity index (χ1n) is 9.24. The van der Waals surface area contributed by atoms with Crippen molar-refractivity contribution in [3.8, 4) is 0 Å². The first kappa shape index (κ1) is 17.4. The van der Waals surface area contributed by atoms with Gasteiger partial charge in [0.15, 0.2) is 5.60 Å². The van der Waals surface area contributed by atoms with Gasteiger partial charge < -0.3 is 19.6 Å². The van der Waals surface area contributed by atoms with Crippen LogP contribution in [0.25, 0.3) is 0 Å².